The summed E-state index contributed by atoms with van der Waals surface area (Å²) in [6.45, 7) is 5.08. The van der Waals surface area contributed by atoms with Crippen molar-refractivity contribution < 1.29 is 13.2 Å². The summed E-state index contributed by atoms with van der Waals surface area (Å²) in [5.41, 5.74) is 0.137. The molecule has 0 saturated heterocycles. The van der Waals surface area contributed by atoms with Gasteiger partial charge in [-0.05, 0) is 39.0 Å². The summed E-state index contributed by atoms with van der Waals surface area (Å²) < 4.78 is 25.9. The summed E-state index contributed by atoms with van der Waals surface area (Å²) in [7, 11) is -3.70. The van der Waals surface area contributed by atoms with Gasteiger partial charge in [-0.25, -0.2) is 13.1 Å². The number of nitrogens with one attached hydrogen (secondary N) is 2. The van der Waals surface area contributed by atoms with Crippen molar-refractivity contribution in [1.29, 1.82) is 5.26 Å². The van der Waals surface area contributed by atoms with Crippen LogP contribution in [0.5, 0.6) is 0 Å². The Morgan fingerprint density at radius 1 is 1.35 bits per heavy atom. The normalized spacial score (nSPS) is 11.7. The molecule has 0 radical (unpaired) electrons. The number of hydrogen-bond acceptors (Lipinski definition) is 4. The van der Waals surface area contributed by atoms with Gasteiger partial charge in [-0.3, -0.25) is 4.79 Å². The Bertz CT molecular complexity index is 640. The lowest BCUT2D eigenvalue weighted by Gasteiger charge is -2.20. The molecule has 0 fully saturated rings. The predicted molar refractivity (Wildman–Crippen MR) is 76.5 cm³/mol. The molecule has 1 rings (SSSR count). The SMILES string of the molecule is CC(C)(C)NS(=O)(=O)CC(=O)Nc1cccc(C#N)c1. The van der Waals surface area contributed by atoms with E-state index in [1.807, 2.05) is 6.07 Å². The van der Waals surface area contributed by atoms with Crippen molar-refractivity contribution >= 4 is 21.6 Å². The number of amides is 1. The molecule has 20 heavy (non-hydrogen) atoms. The van der Waals surface area contributed by atoms with Crippen LogP contribution in [0.3, 0.4) is 0 Å². The summed E-state index contributed by atoms with van der Waals surface area (Å²) in [5, 5.41) is 11.2. The highest BCUT2D eigenvalue weighted by Crippen LogP contribution is 2.10. The maximum Gasteiger partial charge on any atom is 0.240 e. The highest BCUT2D eigenvalue weighted by atomic mass is 32.2. The molecule has 0 bridgehead atoms. The van der Waals surface area contributed by atoms with E-state index in [0.717, 1.165) is 0 Å². The first kappa shape index (κ1) is 16.1. The summed E-state index contributed by atoms with van der Waals surface area (Å²) in [4.78, 5) is 11.7. The molecule has 2 N–H and O–H groups in total. The second-order valence-corrected chi connectivity index (χ2v) is 7.07. The van der Waals surface area contributed by atoms with Crippen LogP contribution in [-0.4, -0.2) is 25.6 Å². The average molecular weight is 295 g/mol. The van der Waals surface area contributed by atoms with Gasteiger partial charge in [0, 0.05) is 11.2 Å². The van der Waals surface area contributed by atoms with E-state index in [-0.39, 0.29) is 0 Å². The number of rotatable bonds is 4. The van der Waals surface area contributed by atoms with Gasteiger partial charge in [0.05, 0.1) is 11.6 Å². The van der Waals surface area contributed by atoms with Crippen molar-refractivity contribution in [3.05, 3.63) is 29.8 Å². The molecular weight excluding hydrogens is 278 g/mol. The maximum atomic E-state index is 11.7. The maximum absolute atomic E-state index is 11.7. The second kappa shape index (κ2) is 6.03. The molecule has 108 valence electrons. The van der Waals surface area contributed by atoms with Gasteiger partial charge in [0.2, 0.25) is 15.9 Å². The van der Waals surface area contributed by atoms with E-state index < -0.39 is 27.2 Å². The van der Waals surface area contributed by atoms with E-state index in [2.05, 4.69) is 10.0 Å². The van der Waals surface area contributed by atoms with Gasteiger partial charge >= 0.3 is 0 Å². The lowest BCUT2D eigenvalue weighted by molar-refractivity contribution is -0.113. The quantitative estimate of drug-likeness (QED) is 0.872. The molecule has 1 aromatic carbocycles. The number of sulfonamides is 1. The smallest absolute Gasteiger partial charge is 0.240 e. The molecule has 0 aliphatic heterocycles. The van der Waals surface area contributed by atoms with Gasteiger partial charge in [-0.2, -0.15) is 5.26 Å². The van der Waals surface area contributed by atoms with Gasteiger partial charge in [0.25, 0.3) is 0 Å². The van der Waals surface area contributed by atoms with E-state index in [1.54, 1.807) is 39.0 Å². The zero-order valence-corrected chi connectivity index (χ0v) is 12.4. The zero-order chi connectivity index (χ0) is 15.4. The van der Waals surface area contributed by atoms with Crippen LogP contribution < -0.4 is 10.0 Å². The van der Waals surface area contributed by atoms with Crippen LogP contribution >= 0.6 is 0 Å². The van der Waals surface area contributed by atoms with Gasteiger partial charge < -0.3 is 5.32 Å². The van der Waals surface area contributed by atoms with Crippen molar-refractivity contribution in [2.24, 2.45) is 0 Å². The minimum Gasteiger partial charge on any atom is -0.325 e. The van der Waals surface area contributed by atoms with Crippen molar-refractivity contribution in [1.82, 2.24) is 4.72 Å². The number of carbonyl (C=O) groups is 1. The van der Waals surface area contributed by atoms with Crippen molar-refractivity contribution in [3.63, 3.8) is 0 Å². The van der Waals surface area contributed by atoms with Crippen LogP contribution in [0.15, 0.2) is 24.3 Å². The predicted octanol–water partition coefficient (Wildman–Crippen LogP) is 1.21. The molecule has 0 unspecified atom stereocenters. The summed E-state index contributed by atoms with van der Waals surface area (Å²) in [5.74, 6) is -1.32. The topological polar surface area (TPSA) is 99.1 Å². The van der Waals surface area contributed by atoms with Crippen LogP contribution in [-0.2, 0) is 14.8 Å². The molecule has 0 heterocycles. The van der Waals surface area contributed by atoms with E-state index >= 15 is 0 Å². The fourth-order valence-electron chi connectivity index (χ4n) is 1.54. The van der Waals surface area contributed by atoms with Gasteiger partial charge in [-0.1, -0.05) is 6.07 Å². The molecule has 0 spiro atoms. The number of nitrogens with zero attached hydrogens (tertiary/aromatic N) is 1. The van der Waals surface area contributed by atoms with Crippen molar-refractivity contribution in [2.45, 2.75) is 26.3 Å². The Balaban J connectivity index is 2.71. The van der Waals surface area contributed by atoms with Crippen molar-refractivity contribution in [2.75, 3.05) is 11.1 Å². The minimum atomic E-state index is -3.70. The fraction of sp³-hybridized carbons (Fsp3) is 0.385. The van der Waals surface area contributed by atoms with Gasteiger partial charge in [0.1, 0.15) is 5.75 Å². The molecule has 1 aromatic rings. The largest absolute Gasteiger partial charge is 0.325 e. The molecule has 1 amide bonds. The first-order chi connectivity index (χ1) is 9.11. The molecule has 6 nitrogen and oxygen atoms in total. The van der Waals surface area contributed by atoms with Crippen LogP contribution in [0.1, 0.15) is 26.3 Å². The van der Waals surface area contributed by atoms with E-state index in [4.69, 9.17) is 5.26 Å². The van der Waals surface area contributed by atoms with Gasteiger partial charge in [0.15, 0.2) is 0 Å². The zero-order valence-electron chi connectivity index (χ0n) is 11.6. The lowest BCUT2D eigenvalue weighted by Crippen LogP contribution is -2.43. The van der Waals surface area contributed by atoms with E-state index in [0.29, 0.717) is 11.3 Å². The van der Waals surface area contributed by atoms with Crippen LogP contribution in [0, 0.1) is 11.3 Å². The monoisotopic (exact) mass is 295 g/mol. The highest BCUT2D eigenvalue weighted by Gasteiger charge is 2.22. The molecule has 0 aromatic heterocycles. The van der Waals surface area contributed by atoms with E-state index in [9.17, 15) is 13.2 Å². The Kier molecular flexibility index (Phi) is 4.87. The van der Waals surface area contributed by atoms with Crippen LogP contribution in [0.25, 0.3) is 0 Å². The third-order valence-electron chi connectivity index (χ3n) is 2.06. The Labute approximate surface area is 118 Å². The molecule has 0 saturated carbocycles. The first-order valence-corrected chi connectivity index (χ1v) is 7.58. The average Bonchev–Trinajstić information content (AvgIpc) is 2.24. The number of nitriles is 1. The Hall–Kier alpha value is -1.91. The third kappa shape index (κ3) is 5.82. The molecule has 0 aliphatic carbocycles. The Morgan fingerprint density at radius 3 is 2.55 bits per heavy atom. The number of benzene rings is 1. The molecule has 7 heteroatoms. The second-order valence-electron chi connectivity index (χ2n) is 5.35. The lowest BCUT2D eigenvalue weighted by atomic mass is 10.1. The summed E-state index contributed by atoms with van der Waals surface area (Å²) in [6, 6.07) is 8.20. The standard InChI is InChI=1S/C13H17N3O3S/c1-13(2,3)16-20(18,19)9-12(17)15-11-6-4-5-10(7-11)8-14/h4-7,16H,9H2,1-3H3,(H,15,17). The molecular formula is C13H17N3O3S. The van der Waals surface area contributed by atoms with Gasteiger partial charge in [-0.15, -0.1) is 0 Å². The Morgan fingerprint density at radius 2 is 2.00 bits per heavy atom. The highest BCUT2D eigenvalue weighted by molar-refractivity contribution is 7.90. The number of anilines is 1. The third-order valence-corrected chi connectivity index (χ3v) is 3.62. The number of hydrogen-bond donors (Lipinski definition) is 2. The summed E-state index contributed by atoms with van der Waals surface area (Å²) in [6.07, 6.45) is 0. The van der Waals surface area contributed by atoms with E-state index in [1.165, 1.54) is 6.07 Å². The molecule has 0 aliphatic rings. The number of carbonyl (C=O) groups excluding carboxylic acids is 1. The summed E-state index contributed by atoms with van der Waals surface area (Å²) >= 11 is 0. The minimum absolute atomic E-state index is 0.387. The molecule has 0 atom stereocenters. The van der Waals surface area contributed by atoms with Crippen LogP contribution in [0.2, 0.25) is 0 Å². The fourth-order valence-corrected chi connectivity index (χ4v) is 2.96. The first-order valence-electron chi connectivity index (χ1n) is 5.93. The van der Waals surface area contributed by atoms with Crippen molar-refractivity contribution in [3.8, 4) is 6.07 Å². The van der Waals surface area contributed by atoms with Crippen LogP contribution in [0.4, 0.5) is 5.69 Å².